The van der Waals surface area contributed by atoms with E-state index in [-0.39, 0.29) is 18.0 Å². The number of ether oxygens (including phenoxy) is 2. The van der Waals surface area contributed by atoms with Crippen molar-refractivity contribution in [2.24, 2.45) is 0 Å². The number of rotatable bonds is 4. The summed E-state index contributed by atoms with van der Waals surface area (Å²) in [7, 11) is 0. The lowest BCUT2D eigenvalue weighted by molar-refractivity contribution is 0.0104. The van der Waals surface area contributed by atoms with Gasteiger partial charge in [-0.3, -0.25) is 4.79 Å². The van der Waals surface area contributed by atoms with Crippen LogP contribution in [0.25, 0.3) is 0 Å². The first kappa shape index (κ1) is 13.6. The molecule has 0 N–H and O–H groups in total. The van der Waals surface area contributed by atoms with E-state index >= 15 is 0 Å². The van der Waals surface area contributed by atoms with Gasteiger partial charge in [-0.15, -0.1) is 0 Å². The molecule has 108 valence electrons. The van der Waals surface area contributed by atoms with Crippen molar-refractivity contribution in [1.29, 1.82) is 0 Å². The summed E-state index contributed by atoms with van der Waals surface area (Å²) < 4.78 is 11.3. The molecule has 2 heterocycles. The van der Waals surface area contributed by atoms with Crippen LogP contribution in [0.2, 0.25) is 0 Å². The molecule has 0 aliphatic carbocycles. The van der Waals surface area contributed by atoms with E-state index in [4.69, 9.17) is 9.47 Å². The fourth-order valence-electron chi connectivity index (χ4n) is 3.07. The lowest BCUT2D eigenvalue weighted by Gasteiger charge is -2.22. The maximum absolute atomic E-state index is 12.3. The molecule has 2 unspecified atom stereocenters. The minimum atomic E-state index is 0.224. The third-order valence-corrected chi connectivity index (χ3v) is 4.19. The van der Waals surface area contributed by atoms with Gasteiger partial charge in [0, 0.05) is 25.0 Å². The van der Waals surface area contributed by atoms with Crippen LogP contribution in [0.5, 0.6) is 5.75 Å². The van der Waals surface area contributed by atoms with Crippen LogP contribution >= 0.6 is 0 Å². The molecular formula is C17H22O3. The molecule has 1 saturated heterocycles. The number of fused-ring (bicyclic) bond motifs is 1. The van der Waals surface area contributed by atoms with Crippen molar-refractivity contribution < 1.29 is 14.3 Å². The Morgan fingerprint density at radius 2 is 2.25 bits per heavy atom. The molecule has 0 radical (unpaired) electrons. The zero-order valence-corrected chi connectivity index (χ0v) is 12.1. The summed E-state index contributed by atoms with van der Waals surface area (Å²) in [4.78, 5) is 12.3. The Bertz CT molecular complexity index is 489. The normalized spacial score (nSPS) is 25.1. The van der Waals surface area contributed by atoms with Crippen LogP contribution < -0.4 is 4.74 Å². The molecule has 1 aromatic rings. The summed E-state index contributed by atoms with van der Waals surface area (Å²) in [5.74, 6) is 1.16. The summed E-state index contributed by atoms with van der Waals surface area (Å²) in [5.41, 5.74) is 1.98. The average Bonchev–Trinajstić information content (AvgIpc) is 2.85. The molecule has 3 nitrogen and oxygen atoms in total. The van der Waals surface area contributed by atoms with E-state index in [2.05, 4.69) is 6.92 Å². The molecule has 0 bridgehead atoms. The van der Waals surface area contributed by atoms with E-state index in [1.807, 2.05) is 18.2 Å². The van der Waals surface area contributed by atoms with Gasteiger partial charge in [0.2, 0.25) is 0 Å². The van der Waals surface area contributed by atoms with Crippen molar-refractivity contribution >= 4 is 5.78 Å². The fourth-order valence-corrected chi connectivity index (χ4v) is 3.07. The second-order valence-corrected chi connectivity index (χ2v) is 5.91. The molecule has 2 atom stereocenters. The van der Waals surface area contributed by atoms with Crippen LogP contribution in [0.3, 0.4) is 0 Å². The second kappa shape index (κ2) is 5.96. The first-order chi connectivity index (χ1) is 9.72. The Labute approximate surface area is 120 Å². The van der Waals surface area contributed by atoms with Crippen molar-refractivity contribution in [3.63, 3.8) is 0 Å². The third-order valence-electron chi connectivity index (χ3n) is 4.19. The summed E-state index contributed by atoms with van der Waals surface area (Å²) >= 11 is 0. The van der Waals surface area contributed by atoms with E-state index in [9.17, 15) is 4.79 Å². The lowest BCUT2D eigenvalue weighted by atomic mass is 9.98. The Morgan fingerprint density at radius 3 is 3.05 bits per heavy atom. The van der Waals surface area contributed by atoms with E-state index in [1.165, 1.54) is 6.42 Å². The van der Waals surface area contributed by atoms with Gasteiger partial charge < -0.3 is 9.47 Å². The number of carbonyl (C=O) groups excluding carboxylic acids is 1. The Kier molecular flexibility index (Phi) is 4.06. The van der Waals surface area contributed by atoms with Crippen LogP contribution in [-0.2, 0) is 11.2 Å². The number of benzene rings is 1. The van der Waals surface area contributed by atoms with Gasteiger partial charge in [0.15, 0.2) is 5.78 Å². The van der Waals surface area contributed by atoms with Gasteiger partial charge in [0.05, 0.1) is 6.10 Å². The topological polar surface area (TPSA) is 35.5 Å². The standard InChI is InChI=1S/C17H22O3/c1-12-10-14-11-13(5-8-17(14)20-12)16(18)7-6-15-4-2-3-9-19-15/h5,8,11-12,15H,2-4,6-7,9-10H2,1H3. The van der Waals surface area contributed by atoms with Crippen LogP contribution in [0.4, 0.5) is 0 Å². The Hall–Kier alpha value is -1.35. The largest absolute Gasteiger partial charge is 0.490 e. The SMILES string of the molecule is CC1Cc2cc(C(=O)CCC3CCCCO3)ccc2O1. The summed E-state index contributed by atoms with van der Waals surface area (Å²) in [6, 6.07) is 5.83. The Morgan fingerprint density at radius 1 is 1.35 bits per heavy atom. The molecule has 0 saturated carbocycles. The molecule has 20 heavy (non-hydrogen) atoms. The van der Waals surface area contributed by atoms with Crippen LogP contribution in [0, 0.1) is 0 Å². The second-order valence-electron chi connectivity index (χ2n) is 5.91. The molecule has 1 aromatic carbocycles. The van der Waals surface area contributed by atoms with Crippen LogP contribution in [-0.4, -0.2) is 24.6 Å². The monoisotopic (exact) mass is 274 g/mol. The van der Waals surface area contributed by atoms with Crippen molar-refractivity contribution in [3.8, 4) is 5.75 Å². The summed E-state index contributed by atoms with van der Waals surface area (Å²) in [5, 5.41) is 0. The van der Waals surface area contributed by atoms with Crippen molar-refractivity contribution in [2.75, 3.05) is 6.61 Å². The van der Waals surface area contributed by atoms with Crippen LogP contribution in [0.1, 0.15) is 54.9 Å². The highest BCUT2D eigenvalue weighted by Gasteiger charge is 2.21. The smallest absolute Gasteiger partial charge is 0.162 e. The van der Waals surface area contributed by atoms with Crippen LogP contribution in [0.15, 0.2) is 18.2 Å². The number of hydrogen-bond acceptors (Lipinski definition) is 3. The number of carbonyl (C=O) groups is 1. The first-order valence-corrected chi connectivity index (χ1v) is 7.67. The van der Waals surface area contributed by atoms with Gasteiger partial charge in [-0.05, 0) is 56.4 Å². The first-order valence-electron chi connectivity index (χ1n) is 7.67. The molecule has 0 aromatic heterocycles. The highest BCUT2D eigenvalue weighted by Crippen LogP contribution is 2.30. The zero-order chi connectivity index (χ0) is 13.9. The highest BCUT2D eigenvalue weighted by molar-refractivity contribution is 5.96. The van der Waals surface area contributed by atoms with Gasteiger partial charge in [0.25, 0.3) is 0 Å². The van der Waals surface area contributed by atoms with E-state index in [0.717, 1.165) is 49.2 Å². The van der Waals surface area contributed by atoms with Gasteiger partial charge in [0.1, 0.15) is 11.9 Å². The van der Waals surface area contributed by atoms with E-state index < -0.39 is 0 Å². The highest BCUT2D eigenvalue weighted by atomic mass is 16.5. The summed E-state index contributed by atoms with van der Waals surface area (Å²) in [6.45, 7) is 2.91. The number of ketones is 1. The molecule has 0 amide bonds. The zero-order valence-electron chi connectivity index (χ0n) is 12.1. The average molecular weight is 274 g/mol. The minimum Gasteiger partial charge on any atom is -0.490 e. The van der Waals surface area contributed by atoms with Crippen molar-refractivity contribution in [1.82, 2.24) is 0 Å². The van der Waals surface area contributed by atoms with E-state index in [0.29, 0.717) is 6.42 Å². The third kappa shape index (κ3) is 3.04. The van der Waals surface area contributed by atoms with Crippen molar-refractivity contribution in [3.05, 3.63) is 29.3 Å². The maximum Gasteiger partial charge on any atom is 0.162 e. The molecule has 2 aliphatic heterocycles. The number of hydrogen-bond donors (Lipinski definition) is 0. The molecule has 3 heteroatoms. The molecule has 1 fully saturated rings. The predicted molar refractivity (Wildman–Crippen MR) is 77.4 cm³/mol. The van der Waals surface area contributed by atoms with Gasteiger partial charge in [-0.1, -0.05) is 0 Å². The quantitative estimate of drug-likeness (QED) is 0.788. The maximum atomic E-state index is 12.3. The minimum absolute atomic E-state index is 0.224. The number of Topliss-reactive ketones (excluding diaryl/α,β-unsaturated/α-hetero) is 1. The molecule has 0 spiro atoms. The van der Waals surface area contributed by atoms with Crippen molar-refractivity contribution in [2.45, 2.75) is 57.7 Å². The van der Waals surface area contributed by atoms with E-state index in [1.54, 1.807) is 0 Å². The lowest BCUT2D eigenvalue weighted by Crippen LogP contribution is -2.20. The Balaban J connectivity index is 1.58. The fraction of sp³-hybridized carbons (Fsp3) is 0.588. The van der Waals surface area contributed by atoms with Gasteiger partial charge >= 0.3 is 0 Å². The summed E-state index contributed by atoms with van der Waals surface area (Å²) in [6.07, 6.45) is 6.34. The molecular weight excluding hydrogens is 252 g/mol. The van der Waals surface area contributed by atoms with Gasteiger partial charge in [-0.25, -0.2) is 0 Å². The molecule has 2 aliphatic rings. The molecule has 3 rings (SSSR count). The van der Waals surface area contributed by atoms with Gasteiger partial charge in [-0.2, -0.15) is 0 Å². The predicted octanol–water partition coefficient (Wildman–Crippen LogP) is 3.54.